The van der Waals surface area contributed by atoms with Gasteiger partial charge in [0.25, 0.3) is 0 Å². The number of para-hydroxylation sites is 1. The molecule has 0 radical (unpaired) electrons. The van der Waals surface area contributed by atoms with Crippen LogP contribution in [0.25, 0.3) is 11.1 Å². The molecule has 1 aliphatic rings. The summed E-state index contributed by atoms with van der Waals surface area (Å²) in [6.07, 6.45) is 0.754. The Kier molecular flexibility index (Phi) is 5.55. The molecule has 0 saturated heterocycles. The zero-order valence-electron chi connectivity index (χ0n) is 18.0. The lowest BCUT2D eigenvalue weighted by Crippen LogP contribution is -2.28. The van der Waals surface area contributed by atoms with E-state index in [-0.39, 0.29) is 17.4 Å². The van der Waals surface area contributed by atoms with Crippen molar-refractivity contribution in [1.29, 1.82) is 0 Å². The summed E-state index contributed by atoms with van der Waals surface area (Å²) in [4.78, 5) is 24.0. The van der Waals surface area contributed by atoms with Crippen molar-refractivity contribution in [3.05, 3.63) is 77.4 Å². The molecule has 0 aliphatic carbocycles. The topological polar surface area (TPSA) is 94.4 Å². The van der Waals surface area contributed by atoms with Crippen LogP contribution in [0.5, 0.6) is 5.75 Å². The van der Waals surface area contributed by atoms with Crippen molar-refractivity contribution >= 4 is 35.0 Å². The van der Waals surface area contributed by atoms with Gasteiger partial charge in [-0.2, -0.15) is 15.2 Å². The van der Waals surface area contributed by atoms with Gasteiger partial charge in [-0.15, -0.1) is 0 Å². The highest BCUT2D eigenvalue weighted by Crippen LogP contribution is 2.35. The van der Waals surface area contributed by atoms with E-state index in [1.165, 1.54) is 5.01 Å². The van der Waals surface area contributed by atoms with Gasteiger partial charge in [-0.3, -0.25) is 15.0 Å². The zero-order valence-corrected chi connectivity index (χ0v) is 18.0. The molecular formula is C25H22N4O3. The number of benzene rings is 3. The van der Waals surface area contributed by atoms with E-state index in [4.69, 9.17) is 0 Å². The van der Waals surface area contributed by atoms with Crippen molar-refractivity contribution < 1.29 is 14.7 Å². The molecule has 0 bridgehead atoms. The van der Waals surface area contributed by atoms with Crippen LogP contribution in [-0.2, 0) is 4.79 Å². The second kappa shape index (κ2) is 8.47. The van der Waals surface area contributed by atoms with Gasteiger partial charge < -0.3 is 5.11 Å². The summed E-state index contributed by atoms with van der Waals surface area (Å²) < 4.78 is 0. The number of hydrogen-bond donors (Lipinski definition) is 2. The Hall–Kier alpha value is -4.26. The minimum absolute atomic E-state index is 0.0362. The van der Waals surface area contributed by atoms with Gasteiger partial charge in [0.05, 0.1) is 17.1 Å². The number of hydrogen-bond acceptors (Lipinski definition) is 6. The maximum Gasteiger partial charge on any atom is 0.301 e. The van der Waals surface area contributed by atoms with Gasteiger partial charge in [-0.25, -0.2) is 0 Å². The van der Waals surface area contributed by atoms with Crippen molar-refractivity contribution in [3.63, 3.8) is 0 Å². The quantitative estimate of drug-likeness (QED) is 0.352. The first-order valence-electron chi connectivity index (χ1n) is 10.1. The largest absolute Gasteiger partial charge is 0.505 e. The van der Waals surface area contributed by atoms with Crippen molar-refractivity contribution in [2.24, 2.45) is 10.2 Å². The lowest BCUT2D eigenvalue weighted by molar-refractivity contribution is -0.112. The zero-order chi connectivity index (χ0) is 22.8. The summed E-state index contributed by atoms with van der Waals surface area (Å²) in [7, 11) is 0. The van der Waals surface area contributed by atoms with Gasteiger partial charge >= 0.3 is 5.91 Å². The van der Waals surface area contributed by atoms with Crippen LogP contribution in [0.3, 0.4) is 0 Å². The van der Waals surface area contributed by atoms with Gasteiger partial charge in [-0.05, 0) is 61.7 Å². The fourth-order valence-electron chi connectivity index (χ4n) is 3.42. The molecule has 0 aromatic heterocycles. The number of anilines is 2. The molecule has 3 aromatic rings. The SMILES string of the molecule is CC1=NN(c2ccc(C)c(C)c2)C(=O)/C1=N\Nc1cccc(-c2cccc(C=O)c2)c1O. The minimum Gasteiger partial charge on any atom is -0.505 e. The van der Waals surface area contributed by atoms with Crippen LogP contribution >= 0.6 is 0 Å². The number of amides is 1. The standard InChI is InChI=1S/C25H22N4O3/c1-15-10-11-20(12-16(15)2)29-25(32)23(17(3)28-29)27-26-22-9-5-8-21(24(22)31)19-7-4-6-18(13-19)14-30/h4-14,26,31H,1-3H3/b27-23-. The van der Waals surface area contributed by atoms with E-state index < -0.39 is 0 Å². The summed E-state index contributed by atoms with van der Waals surface area (Å²) in [5, 5.41) is 20.6. The number of nitrogens with one attached hydrogen (secondary N) is 1. The summed E-state index contributed by atoms with van der Waals surface area (Å²) >= 11 is 0. The number of nitrogens with zero attached hydrogens (tertiary/aromatic N) is 3. The van der Waals surface area contributed by atoms with Crippen LogP contribution in [-0.4, -0.2) is 28.7 Å². The first-order valence-corrected chi connectivity index (χ1v) is 10.1. The molecule has 7 heteroatoms. The molecule has 160 valence electrons. The predicted octanol–water partition coefficient (Wildman–Crippen LogP) is 4.68. The van der Waals surface area contributed by atoms with E-state index in [0.29, 0.717) is 33.8 Å². The normalized spacial score (nSPS) is 14.6. The number of carbonyl (C=O) groups is 2. The number of phenols is 1. The molecule has 0 unspecified atom stereocenters. The van der Waals surface area contributed by atoms with Gasteiger partial charge in [-0.1, -0.05) is 36.4 Å². The number of rotatable bonds is 5. The number of aldehydes is 1. The summed E-state index contributed by atoms with van der Waals surface area (Å²) in [5.74, 6) is -0.390. The van der Waals surface area contributed by atoms with E-state index in [1.54, 1.807) is 49.4 Å². The van der Waals surface area contributed by atoms with E-state index >= 15 is 0 Å². The van der Waals surface area contributed by atoms with Crippen molar-refractivity contribution in [2.45, 2.75) is 20.8 Å². The number of carbonyl (C=O) groups excluding carboxylic acids is 2. The minimum atomic E-state index is -0.354. The first kappa shape index (κ1) is 21.0. The maximum atomic E-state index is 12.9. The van der Waals surface area contributed by atoms with E-state index in [2.05, 4.69) is 15.6 Å². The highest BCUT2D eigenvalue weighted by atomic mass is 16.3. The fraction of sp³-hybridized carbons (Fsp3) is 0.120. The van der Waals surface area contributed by atoms with Crippen LogP contribution < -0.4 is 10.4 Å². The van der Waals surface area contributed by atoms with Crippen LogP contribution in [0.2, 0.25) is 0 Å². The third-order valence-electron chi connectivity index (χ3n) is 5.38. The molecule has 1 aliphatic heterocycles. The smallest absolute Gasteiger partial charge is 0.301 e. The highest BCUT2D eigenvalue weighted by molar-refractivity contribution is 6.71. The lowest BCUT2D eigenvalue weighted by Gasteiger charge is -2.13. The summed E-state index contributed by atoms with van der Waals surface area (Å²) in [5.41, 5.74) is 8.35. The van der Waals surface area contributed by atoms with E-state index in [0.717, 1.165) is 17.4 Å². The first-order chi connectivity index (χ1) is 15.4. The average Bonchev–Trinajstić information content (AvgIpc) is 3.08. The maximum absolute atomic E-state index is 12.9. The summed E-state index contributed by atoms with van der Waals surface area (Å²) in [6, 6.07) is 17.8. The number of hydrazone groups is 2. The van der Waals surface area contributed by atoms with Crippen LogP contribution in [0, 0.1) is 13.8 Å². The second-order valence-electron chi connectivity index (χ2n) is 7.59. The molecule has 4 rings (SSSR count). The molecule has 0 spiro atoms. The molecule has 2 N–H and O–H groups in total. The third-order valence-corrected chi connectivity index (χ3v) is 5.38. The van der Waals surface area contributed by atoms with Gasteiger partial charge in [0.15, 0.2) is 5.71 Å². The molecule has 32 heavy (non-hydrogen) atoms. The van der Waals surface area contributed by atoms with Crippen molar-refractivity contribution in [1.82, 2.24) is 0 Å². The highest BCUT2D eigenvalue weighted by Gasteiger charge is 2.31. The number of aromatic hydroxyl groups is 1. The Morgan fingerprint density at radius 2 is 1.78 bits per heavy atom. The average molecular weight is 426 g/mol. The fourth-order valence-corrected chi connectivity index (χ4v) is 3.42. The molecule has 0 fully saturated rings. The molecule has 1 amide bonds. The Balaban J connectivity index is 1.61. The van der Waals surface area contributed by atoms with Gasteiger partial charge in [0.1, 0.15) is 12.0 Å². The van der Waals surface area contributed by atoms with Crippen molar-refractivity contribution in [3.8, 4) is 16.9 Å². The summed E-state index contributed by atoms with van der Waals surface area (Å²) in [6.45, 7) is 5.69. The van der Waals surface area contributed by atoms with Gasteiger partial charge in [0.2, 0.25) is 0 Å². The molecule has 1 heterocycles. The predicted molar refractivity (Wildman–Crippen MR) is 126 cm³/mol. The number of phenolic OH excluding ortho intramolecular Hbond substituents is 1. The molecule has 0 atom stereocenters. The Bertz CT molecular complexity index is 1290. The van der Waals surface area contributed by atoms with Crippen molar-refractivity contribution in [2.75, 3.05) is 10.4 Å². The Morgan fingerprint density at radius 1 is 1.00 bits per heavy atom. The molecular weight excluding hydrogens is 404 g/mol. The van der Waals surface area contributed by atoms with Crippen LogP contribution in [0.4, 0.5) is 11.4 Å². The monoisotopic (exact) mass is 426 g/mol. The number of aryl methyl sites for hydroxylation is 2. The Labute approximate surface area is 185 Å². The molecule has 0 saturated carbocycles. The van der Waals surface area contributed by atoms with Crippen LogP contribution in [0.15, 0.2) is 70.9 Å². The van der Waals surface area contributed by atoms with Gasteiger partial charge in [0, 0.05) is 11.1 Å². The Morgan fingerprint density at radius 3 is 2.53 bits per heavy atom. The molecule has 3 aromatic carbocycles. The third kappa shape index (κ3) is 3.88. The molecule has 7 nitrogen and oxygen atoms in total. The second-order valence-corrected chi connectivity index (χ2v) is 7.59. The van der Waals surface area contributed by atoms with E-state index in [1.807, 2.05) is 32.0 Å². The van der Waals surface area contributed by atoms with E-state index in [9.17, 15) is 14.7 Å². The van der Waals surface area contributed by atoms with Crippen LogP contribution in [0.1, 0.15) is 28.4 Å². The lowest BCUT2D eigenvalue weighted by atomic mass is 10.0.